The molecule has 98 valence electrons. The molecule has 0 spiro atoms. The number of hydrogen-bond acceptors (Lipinski definition) is 3. The molecule has 6 heteroatoms. The van der Waals surface area contributed by atoms with Crippen molar-refractivity contribution in [1.82, 2.24) is 0 Å². The van der Waals surface area contributed by atoms with Crippen LogP contribution in [0.25, 0.3) is 0 Å². The van der Waals surface area contributed by atoms with E-state index < -0.39 is 17.3 Å². The van der Waals surface area contributed by atoms with Crippen LogP contribution in [0.3, 0.4) is 0 Å². The van der Waals surface area contributed by atoms with E-state index in [1.807, 2.05) is 0 Å². The maximum absolute atomic E-state index is 13.4. The number of benzene rings is 1. The van der Waals surface area contributed by atoms with Crippen LogP contribution in [0.2, 0.25) is 0 Å². The van der Waals surface area contributed by atoms with Gasteiger partial charge in [0.25, 0.3) is 0 Å². The molecule has 0 aliphatic carbocycles. The number of aliphatic hydroxyl groups excluding tert-OH is 1. The smallest absolute Gasteiger partial charge is 0.149 e. The minimum atomic E-state index is -0.845. The molecule has 0 saturated heterocycles. The molecule has 0 amide bonds. The summed E-state index contributed by atoms with van der Waals surface area (Å²) >= 11 is 4.85. The number of thiocarbonyl (C=S) groups is 1. The van der Waals surface area contributed by atoms with E-state index in [-0.39, 0.29) is 22.7 Å². The van der Waals surface area contributed by atoms with Crippen molar-refractivity contribution >= 4 is 22.9 Å². The van der Waals surface area contributed by atoms with Crippen LogP contribution in [0.4, 0.5) is 14.5 Å². The molecule has 0 fully saturated rings. The molecular formula is C13H10F2N2OS. The topological polar surface area (TPSA) is 56.0 Å². The van der Waals surface area contributed by atoms with Gasteiger partial charge in [0.1, 0.15) is 39.7 Å². The molecule has 0 saturated carbocycles. The standard InChI is InChI=1S/C13H10F2N2OS/c1-2-4-11(18)8(7-16)13(19)17-12-9(14)5-3-6-10(12)15/h2-3,5-6,18H,1,4H2,(H,17,19). The maximum atomic E-state index is 13.4. The Morgan fingerprint density at radius 1 is 1.47 bits per heavy atom. The second-order valence-corrected chi connectivity index (χ2v) is 3.89. The summed E-state index contributed by atoms with van der Waals surface area (Å²) < 4.78 is 26.8. The van der Waals surface area contributed by atoms with E-state index >= 15 is 0 Å². The summed E-state index contributed by atoms with van der Waals surface area (Å²) in [7, 11) is 0. The third-order valence-corrected chi connectivity index (χ3v) is 2.47. The van der Waals surface area contributed by atoms with Gasteiger partial charge in [0.15, 0.2) is 0 Å². The van der Waals surface area contributed by atoms with Gasteiger partial charge in [-0.05, 0) is 12.1 Å². The van der Waals surface area contributed by atoms with Crippen LogP contribution in [0.1, 0.15) is 6.42 Å². The predicted octanol–water partition coefficient (Wildman–Crippen LogP) is 3.62. The molecule has 1 rings (SSSR count). The summed E-state index contributed by atoms with van der Waals surface area (Å²) in [6.07, 6.45) is 1.41. The second-order valence-electron chi connectivity index (χ2n) is 3.48. The Labute approximate surface area is 114 Å². The van der Waals surface area contributed by atoms with Crippen LogP contribution in [0.5, 0.6) is 0 Å². The van der Waals surface area contributed by atoms with Gasteiger partial charge in [-0.2, -0.15) is 5.26 Å². The highest BCUT2D eigenvalue weighted by molar-refractivity contribution is 7.81. The van der Waals surface area contributed by atoms with Gasteiger partial charge in [0, 0.05) is 6.42 Å². The van der Waals surface area contributed by atoms with E-state index in [1.54, 1.807) is 6.07 Å². The minimum absolute atomic E-state index is 0.0322. The normalized spacial score (nSPS) is 11.2. The predicted molar refractivity (Wildman–Crippen MR) is 72.7 cm³/mol. The largest absolute Gasteiger partial charge is 0.510 e. The van der Waals surface area contributed by atoms with Gasteiger partial charge < -0.3 is 10.4 Å². The first-order valence-electron chi connectivity index (χ1n) is 5.19. The lowest BCUT2D eigenvalue weighted by Gasteiger charge is -2.10. The van der Waals surface area contributed by atoms with Crippen molar-refractivity contribution in [2.75, 3.05) is 5.32 Å². The molecule has 0 aliphatic heterocycles. The lowest BCUT2D eigenvalue weighted by molar-refractivity contribution is 0.399. The monoisotopic (exact) mass is 280 g/mol. The van der Waals surface area contributed by atoms with Crippen LogP contribution < -0.4 is 5.32 Å². The Morgan fingerprint density at radius 2 is 2.05 bits per heavy atom. The first-order valence-corrected chi connectivity index (χ1v) is 5.60. The Balaban J connectivity index is 3.06. The van der Waals surface area contributed by atoms with Crippen LogP contribution in [-0.4, -0.2) is 10.1 Å². The third kappa shape index (κ3) is 3.60. The van der Waals surface area contributed by atoms with Crippen molar-refractivity contribution in [3.05, 3.63) is 53.8 Å². The highest BCUT2D eigenvalue weighted by atomic mass is 32.1. The summed E-state index contributed by atoms with van der Waals surface area (Å²) in [6.45, 7) is 3.40. The molecule has 0 unspecified atom stereocenters. The number of para-hydroxylation sites is 1. The molecule has 1 aromatic rings. The summed E-state index contributed by atoms with van der Waals surface area (Å²) in [5.74, 6) is -2.00. The number of aliphatic hydroxyl groups is 1. The lowest BCUT2D eigenvalue weighted by Crippen LogP contribution is -2.15. The number of hydrogen-bond donors (Lipinski definition) is 2. The van der Waals surface area contributed by atoms with Gasteiger partial charge in [-0.25, -0.2) is 8.78 Å². The van der Waals surface area contributed by atoms with E-state index in [9.17, 15) is 13.9 Å². The van der Waals surface area contributed by atoms with Gasteiger partial charge in [0.2, 0.25) is 0 Å². The maximum Gasteiger partial charge on any atom is 0.149 e. The molecule has 0 atom stereocenters. The summed E-state index contributed by atoms with van der Waals surface area (Å²) in [4.78, 5) is -0.258. The number of nitrogens with one attached hydrogen (secondary N) is 1. The second kappa shape index (κ2) is 6.61. The molecular weight excluding hydrogens is 270 g/mol. The first kappa shape index (κ1) is 14.8. The van der Waals surface area contributed by atoms with E-state index in [0.717, 1.165) is 12.1 Å². The fourth-order valence-electron chi connectivity index (χ4n) is 1.28. The molecule has 2 N–H and O–H groups in total. The van der Waals surface area contributed by atoms with Crippen LogP contribution >= 0.6 is 12.2 Å². The van der Waals surface area contributed by atoms with E-state index in [4.69, 9.17) is 17.5 Å². The Kier molecular flexibility index (Phi) is 5.15. The van der Waals surface area contributed by atoms with Gasteiger partial charge in [0.05, 0.1) is 0 Å². The third-order valence-electron chi connectivity index (χ3n) is 2.17. The van der Waals surface area contributed by atoms with Crippen molar-refractivity contribution < 1.29 is 13.9 Å². The minimum Gasteiger partial charge on any atom is -0.510 e. The number of nitrogens with zero attached hydrogens (tertiary/aromatic N) is 1. The summed E-state index contributed by atoms with van der Waals surface area (Å²) in [5, 5.41) is 20.7. The fraction of sp³-hybridized carbons (Fsp3) is 0.0769. The van der Waals surface area contributed by atoms with Gasteiger partial charge in [-0.1, -0.05) is 24.4 Å². The Morgan fingerprint density at radius 3 is 2.53 bits per heavy atom. The van der Waals surface area contributed by atoms with Crippen LogP contribution in [0.15, 0.2) is 42.2 Å². The zero-order valence-electron chi connectivity index (χ0n) is 9.78. The number of halogens is 2. The average Bonchev–Trinajstić information content (AvgIpc) is 2.35. The molecule has 1 aromatic carbocycles. The van der Waals surface area contributed by atoms with Gasteiger partial charge >= 0.3 is 0 Å². The Bertz CT molecular complexity index is 571. The van der Waals surface area contributed by atoms with E-state index in [0.29, 0.717) is 0 Å². The SMILES string of the molecule is C=CCC(O)=C(C#N)C(=S)Nc1c(F)cccc1F. The van der Waals surface area contributed by atoms with E-state index in [1.165, 1.54) is 12.1 Å². The van der Waals surface area contributed by atoms with Crippen LogP contribution in [-0.2, 0) is 0 Å². The summed E-state index contributed by atoms with van der Waals surface area (Å²) in [6, 6.07) is 4.98. The zero-order valence-corrected chi connectivity index (χ0v) is 10.6. The highest BCUT2D eigenvalue weighted by Gasteiger charge is 2.15. The Hall–Kier alpha value is -2.26. The molecule has 0 heterocycles. The number of anilines is 1. The van der Waals surface area contributed by atoms with Crippen molar-refractivity contribution in [1.29, 1.82) is 5.26 Å². The average molecular weight is 280 g/mol. The van der Waals surface area contributed by atoms with Crippen molar-refractivity contribution in [3.8, 4) is 6.07 Å². The molecule has 19 heavy (non-hydrogen) atoms. The van der Waals surface area contributed by atoms with E-state index in [2.05, 4.69) is 11.9 Å². The zero-order chi connectivity index (χ0) is 14.4. The molecule has 3 nitrogen and oxygen atoms in total. The van der Waals surface area contributed by atoms with Crippen LogP contribution in [0, 0.1) is 23.0 Å². The molecule has 0 radical (unpaired) electrons. The fourth-order valence-corrected chi connectivity index (χ4v) is 1.54. The quantitative estimate of drug-likeness (QED) is 0.291. The molecule has 0 aliphatic rings. The highest BCUT2D eigenvalue weighted by Crippen LogP contribution is 2.20. The van der Waals surface area contributed by atoms with Crippen molar-refractivity contribution in [2.24, 2.45) is 0 Å². The number of rotatable bonds is 4. The molecule has 0 bridgehead atoms. The molecule has 0 aromatic heterocycles. The van der Waals surface area contributed by atoms with Gasteiger partial charge in [-0.3, -0.25) is 0 Å². The van der Waals surface area contributed by atoms with Crippen molar-refractivity contribution in [2.45, 2.75) is 6.42 Å². The number of allylic oxidation sites excluding steroid dienone is 1. The van der Waals surface area contributed by atoms with Gasteiger partial charge in [-0.15, -0.1) is 6.58 Å². The number of nitriles is 1. The summed E-state index contributed by atoms with van der Waals surface area (Å²) in [5.41, 5.74) is -0.718. The van der Waals surface area contributed by atoms with Crippen molar-refractivity contribution in [3.63, 3.8) is 0 Å². The lowest BCUT2D eigenvalue weighted by atomic mass is 10.2. The first-order chi connectivity index (χ1) is 9.01.